The number of ether oxygens (including phenoxy) is 1. The van der Waals surface area contributed by atoms with Gasteiger partial charge >= 0.3 is 5.97 Å². The molecule has 146 heavy (non-hydrogen) atoms. The van der Waals surface area contributed by atoms with Crippen LogP contribution in [0.4, 0.5) is 5.82 Å². The Kier molecular flexibility index (Phi) is 31.9. The average molecular weight is 2010 g/mol. The first-order chi connectivity index (χ1) is 71.0. The second-order valence-electron chi connectivity index (χ2n) is 35.4. The van der Waals surface area contributed by atoms with Gasteiger partial charge in [0.25, 0.3) is 0 Å². The number of aryl methyl sites for hydroxylation is 9. The molecule has 0 radical (unpaired) electrons. The summed E-state index contributed by atoms with van der Waals surface area (Å²) in [6.45, 7) is 18.2. The molecule has 10 aromatic carbocycles. The van der Waals surface area contributed by atoms with Crippen molar-refractivity contribution in [2.24, 2.45) is 36.1 Å². The molecule has 26 nitrogen and oxygen atoms in total. The van der Waals surface area contributed by atoms with Crippen LogP contribution in [0.1, 0.15) is 64.7 Å². The molecule has 0 atom stereocenters. The second-order valence-corrected chi connectivity index (χ2v) is 36.7. The number of aliphatic imine (C=N–C) groups is 3. The topological polar surface area (TPSA) is 352 Å². The normalized spacial score (nSPS) is 12.1. The number of esters is 1. The number of aromatic nitrogens is 20. The fourth-order valence-corrected chi connectivity index (χ4v) is 17.7. The standard InChI is InChI=1S/C14H12N2O2.3C14H12N2.2C13H12N2.C10H8BrClN2.2C9H11N3.C8H10N4/c1-18-14(17)13-6-9(7-15-13)11-8-16-12-5-3-2-4-10(11)12;3*1-10-9-14(16-15-10)13-8-4-6-11-5-2-3-7-12(11)13;2*1-9-6-10(7-14-9)12-8-15-13-5-3-2-4-11(12)13;1-6-9(12)10(14-13-6)7-2-4-8(11)5-3-7;2*1-7-6-8(11-10-7)9-4-3-5-12(9)2;1-12-4-2-3-7(12)6-5-8(9)11-10-6/h2-6,8,16H,7H2,1H3;3*2-9H,1H3,(H,15,16);2*2-6,8,15H,7H2,1H3;2-5H,1H3,(H,13,14);2*3-6H,1-2H3,(H,10,11);2-5H,1H3,(H3,9,10,11). The van der Waals surface area contributed by atoms with E-state index in [-0.39, 0.29) is 5.97 Å². The zero-order valence-electron chi connectivity index (χ0n) is 83.1. The molecule has 0 saturated heterocycles. The molecule has 0 saturated carbocycles. The van der Waals surface area contributed by atoms with E-state index in [2.05, 4.69) is 356 Å². The maximum absolute atomic E-state index is 11.4. The van der Waals surface area contributed by atoms with E-state index in [1.807, 2.05) is 203 Å². The summed E-state index contributed by atoms with van der Waals surface area (Å²) in [5.74, 6) is 0.135. The first-order valence-electron chi connectivity index (χ1n) is 47.6. The number of nitrogen functional groups attached to an aromatic ring is 1. The molecule has 0 bridgehead atoms. The summed E-state index contributed by atoms with van der Waals surface area (Å²) in [5.41, 5.74) is 39.9. The molecule has 0 amide bonds. The number of methoxy groups -OCH3 is 1. The molecule has 3 aliphatic heterocycles. The molecule has 0 unspecified atom stereocenters. The molecule has 13 aromatic heterocycles. The van der Waals surface area contributed by atoms with Crippen molar-refractivity contribution < 1.29 is 9.53 Å². The lowest BCUT2D eigenvalue weighted by atomic mass is 10.0. The predicted molar refractivity (Wildman–Crippen MR) is 602 cm³/mol. The van der Waals surface area contributed by atoms with Gasteiger partial charge in [0, 0.05) is 180 Å². The van der Waals surface area contributed by atoms with Gasteiger partial charge in [0.15, 0.2) is 0 Å². The summed E-state index contributed by atoms with van der Waals surface area (Å²) in [6, 6.07) is 101. The van der Waals surface area contributed by atoms with Crippen LogP contribution in [0, 0.1) is 41.5 Å². The van der Waals surface area contributed by atoms with Crippen LogP contribution in [0.25, 0.3) is 161 Å². The summed E-state index contributed by atoms with van der Waals surface area (Å²) in [5, 5.41) is 61.7. The molecule has 0 aliphatic carbocycles. The first kappa shape index (κ1) is 99.7. The minimum absolute atomic E-state index is 0.384. The van der Waals surface area contributed by atoms with Crippen LogP contribution in [0.3, 0.4) is 0 Å². The van der Waals surface area contributed by atoms with E-state index in [0.717, 1.165) is 148 Å². The van der Waals surface area contributed by atoms with Gasteiger partial charge in [-0.15, -0.1) is 0 Å². The van der Waals surface area contributed by atoms with E-state index in [9.17, 15) is 4.79 Å². The number of nitrogens with zero attached hydrogens (tertiary/aromatic N) is 13. The number of benzene rings is 10. The highest BCUT2D eigenvalue weighted by atomic mass is 79.9. The van der Waals surface area contributed by atoms with Crippen molar-refractivity contribution >= 4 is 138 Å². The molecule has 0 fully saturated rings. The number of nitrogens with one attached hydrogen (secondary N) is 10. The summed E-state index contributed by atoms with van der Waals surface area (Å²) in [4.78, 5) is 34.1. The van der Waals surface area contributed by atoms with Crippen molar-refractivity contribution in [3.8, 4) is 79.2 Å². The summed E-state index contributed by atoms with van der Waals surface area (Å²) in [7, 11) is 7.37. The van der Waals surface area contributed by atoms with Crippen molar-refractivity contribution in [2.75, 3.05) is 32.5 Å². The first-order valence-corrected chi connectivity index (χ1v) is 48.8. The van der Waals surface area contributed by atoms with Crippen molar-refractivity contribution in [1.82, 2.24) is 100 Å². The lowest BCUT2D eigenvalue weighted by molar-refractivity contribution is -0.132. The minimum atomic E-state index is -0.384. The highest BCUT2D eigenvalue weighted by Gasteiger charge is 2.21. The third kappa shape index (κ3) is 24.3. The van der Waals surface area contributed by atoms with Crippen LogP contribution in [0.5, 0.6) is 0 Å². The Balaban J connectivity index is 0.000000111. The van der Waals surface area contributed by atoms with E-state index in [1.165, 1.54) is 100 Å². The number of carbonyl (C=O) groups is 1. The van der Waals surface area contributed by atoms with Gasteiger partial charge in [0.1, 0.15) is 28.6 Å². The number of rotatable bonds is 11. The number of halogens is 2. The number of H-pyrrole nitrogens is 10. The number of hydrogen-bond donors (Lipinski definition) is 11. The third-order valence-corrected chi connectivity index (χ3v) is 25.6. The van der Waals surface area contributed by atoms with Crippen molar-refractivity contribution in [3.63, 3.8) is 0 Å². The number of para-hydroxylation sites is 3. The molecule has 0 spiro atoms. The summed E-state index contributed by atoms with van der Waals surface area (Å²) >= 11 is 9.46. The largest absolute Gasteiger partial charge is 0.464 e. The summed E-state index contributed by atoms with van der Waals surface area (Å²) in [6.07, 6.45) is 18.2. The monoisotopic (exact) mass is 2010 g/mol. The van der Waals surface area contributed by atoms with Gasteiger partial charge in [0.05, 0.1) is 77.3 Å². The van der Waals surface area contributed by atoms with Crippen LogP contribution in [-0.4, -0.2) is 150 Å². The maximum Gasteiger partial charge on any atom is 0.356 e. The fourth-order valence-electron chi connectivity index (χ4n) is 17.3. The van der Waals surface area contributed by atoms with Gasteiger partial charge in [-0.05, 0) is 220 Å². The zero-order chi connectivity index (χ0) is 102. The molecular weight excluding hydrogens is 1900 g/mol. The Morgan fingerprint density at radius 2 is 0.692 bits per heavy atom. The molecule has 3 aliphatic rings. The smallest absolute Gasteiger partial charge is 0.356 e. The Hall–Kier alpha value is -17.8. The molecule has 12 N–H and O–H groups in total. The van der Waals surface area contributed by atoms with Crippen LogP contribution in [-0.2, 0) is 30.7 Å². The molecule has 26 rings (SSSR count). The number of allylic oxidation sites excluding steroid dienone is 2. The minimum Gasteiger partial charge on any atom is -0.464 e. The lowest BCUT2D eigenvalue weighted by Gasteiger charge is -2.02. The summed E-state index contributed by atoms with van der Waals surface area (Å²) < 4.78 is 11.8. The molecule has 23 aromatic rings. The number of nitrogens with two attached hydrogens (primary N) is 1. The molecular formula is C118H112BrClN24O2. The Morgan fingerprint density at radius 1 is 0.349 bits per heavy atom. The number of anilines is 1. The quantitative estimate of drug-likeness (QED) is 0.0544. The van der Waals surface area contributed by atoms with E-state index in [0.29, 0.717) is 23.1 Å². The zero-order valence-corrected chi connectivity index (χ0v) is 85.4. The molecule has 16 heterocycles. The fraction of sp³-hybridized carbons (Fsp3) is 0.127. The van der Waals surface area contributed by atoms with Gasteiger partial charge in [-0.3, -0.25) is 50.7 Å². The Morgan fingerprint density at radius 3 is 1.01 bits per heavy atom. The number of hydrogen-bond acceptors (Lipinski definition) is 13. The molecule has 28 heteroatoms. The van der Waals surface area contributed by atoms with Crippen LogP contribution in [0.2, 0.25) is 5.02 Å². The molecule has 730 valence electrons. The van der Waals surface area contributed by atoms with Crippen LogP contribution < -0.4 is 5.73 Å². The van der Waals surface area contributed by atoms with Crippen LogP contribution >= 0.6 is 27.5 Å². The number of aromatic amines is 10. The van der Waals surface area contributed by atoms with E-state index in [1.54, 1.807) is 6.08 Å². The number of fused-ring (bicyclic) bond motifs is 6. The Bertz CT molecular complexity index is 8060. The maximum atomic E-state index is 11.4. The van der Waals surface area contributed by atoms with E-state index in [4.69, 9.17) is 17.3 Å². The third-order valence-electron chi connectivity index (χ3n) is 24.6. The highest BCUT2D eigenvalue weighted by molar-refractivity contribution is 9.10. The van der Waals surface area contributed by atoms with Crippen molar-refractivity contribution in [3.05, 3.63) is 413 Å². The van der Waals surface area contributed by atoms with Gasteiger partial charge < -0.3 is 39.1 Å². The van der Waals surface area contributed by atoms with Gasteiger partial charge in [0.2, 0.25) is 0 Å². The lowest BCUT2D eigenvalue weighted by Crippen LogP contribution is -2.11. The Labute approximate surface area is 858 Å². The SMILES string of the molecule is CC1=NCC(c2c[nH]c3ccccc23)=C1.CC1=NCC(c2c[nH]c3ccccc23)=C1.COC(=O)C1=NCC(c2c[nH]c3ccccc23)=C1.Cc1[nH]nc(-c2ccc(Br)cc2)c1Cl.Cc1cc(-c2cccc3ccccc23)n[nH]1.Cc1cc(-c2cccc3ccccc23)n[nH]1.Cc1cc(-c2cccc3ccccc23)n[nH]1.Cc1cc(-c2cccn2C)n[nH]1.Cc1cc(-c2cccn2C)n[nH]1.Cn1cccc1-c1cc(N)n[nH]1. The van der Waals surface area contributed by atoms with Gasteiger partial charge in [-0.25, -0.2) is 4.79 Å². The second kappa shape index (κ2) is 46.7. The number of carbonyl (C=O) groups excluding carboxylic acids is 1. The van der Waals surface area contributed by atoms with Crippen LogP contribution in [0.15, 0.2) is 372 Å². The highest BCUT2D eigenvalue weighted by Crippen LogP contribution is 2.36. The van der Waals surface area contributed by atoms with E-state index < -0.39 is 0 Å². The van der Waals surface area contributed by atoms with E-state index >= 15 is 0 Å². The predicted octanol–water partition coefficient (Wildman–Crippen LogP) is 27.1. The van der Waals surface area contributed by atoms with Gasteiger partial charge in [-0.1, -0.05) is 222 Å². The van der Waals surface area contributed by atoms with Crippen molar-refractivity contribution in [2.45, 2.75) is 55.4 Å². The van der Waals surface area contributed by atoms with Crippen molar-refractivity contribution in [1.29, 1.82) is 0 Å². The average Bonchev–Trinajstić information content (AvgIpc) is 1.71. The van der Waals surface area contributed by atoms with Gasteiger partial charge in [-0.2, -0.15) is 35.7 Å².